The van der Waals surface area contributed by atoms with Crippen LogP contribution in [0, 0.1) is 6.92 Å². The van der Waals surface area contributed by atoms with Crippen molar-refractivity contribution in [2.75, 3.05) is 0 Å². The minimum absolute atomic E-state index is 0.00365. The fraction of sp³-hybridized carbons (Fsp3) is 0.286. The van der Waals surface area contributed by atoms with Gasteiger partial charge in [0.25, 0.3) is 5.91 Å². The van der Waals surface area contributed by atoms with Crippen LogP contribution in [0.2, 0.25) is 0 Å². The molecule has 0 saturated carbocycles. The molecule has 0 fully saturated rings. The Labute approximate surface area is 163 Å². The highest BCUT2D eigenvalue weighted by Gasteiger charge is 2.18. The number of hydrogen-bond acceptors (Lipinski definition) is 5. The summed E-state index contributed by atoms with van der Waals surface area (Å²) in [5.41, 5.74) is 2.58. The van der Waals surface area contributed by atoms with Crippen LogP contribution in [0.4, 0.5) is 0 Å². The van der Waals surface area contributed by atoms with E-state index in [4.69, 9.17) is 9.15 Å². The Morgan fingerprint density at radius 3 is 2.54 bits per heavy atom. The average molecular weight is 381 g/mol. The van der Waals surface area contributed by atoms with Crippen molar-refractivity contribution >= 4 is 11.7 Å². The predicted octanol–water partition coefficient (Wildman–Crippen LogP) is 3.59. The van der Waals surface area contributed by atoms with Crippen molar-refractivity contribution in [2.45, 2.75) is 33.4 Å². The number of furan rings is 1. The number of amides is 1. The van der Waals surface area contributed by atoms with Crippen molar-refractivity contribution in [3.8, 4) is 5.75 Å². The number of aryl methyl sites for hydroxylation is 1. The summed E-state index contributed by atoms with van der Waals surface area (Å²) in [5.74, 6) is 1.08. The maximum atomic E-state index is 12.4. The first kappa shape index (κ1) is 19.4. The van der Waals surface area contributed by atoms with Crippen LogP contribution in [0.25, 0.3) is 0 Å². The highest BCUT2D eigenvalue weighted by Crippen LogP contribution is 2.19. The molecular formula is C21H23N3O4. The van der Waals surface area contributed by atoms with E-state index >= 15 is 0 Å². The first-order valence-corrected chi connectivity index (χ1v) is 8.97. The lowest BCUT2D eigenvalue weighted by atomic mass is 10.1. The molecular weight excluding hydrogens is 358 g/mol. The summed E-state index contributed by atoms with van der Waals surface area (Å²) in [6.45, 7) is 5.56. The Kier molecular flexibility index (Phi) is 5.63. The summed E-state index contributed by atoms with van der Waals surface area (Å²) in [4.78, 5) is 23.7. The lowest BCUT2D eigenvalue weighted by Gasteiger charge is -2.12. The van der Waals surface area contributed by atoms with Gasteiger partial charge in [-0.3, -0.25) is 14.3 Å². The number of ketones is 1. The molecule has 1 aromatic carbocycles. The molecule has 1 N–H and O–H groups in total. The maximum absolute atomic E-state index is 12.4. The first-order chi connectivity index (χ1) is 13.3. The Bertz CT molecular complexity index is 986. The zero-order valence-corrected chi connectivity index (χ0v) is 16.4. The van der Waals surface area contributed by atoms with Crippen molar-refractivity contribution < 1.29 is 18.7 Å². The molecule has 0 bridgehead atoms. The number of Topliss-reactive ketones (excluding diaryl/α,β-unsaturated/α-hetero) is 1. The maximum Gasteiger partial charge on any atom is 0.287 e. The summed E-state index contributed by atoms with van der Waals surface area (Å²) < 4.78 is 13.0. The normalized spacial score (nSPS) is 11.9. The number of rotatable bonds is 7. The van der Waals surface area contributed by atoms with Crippen LogP contribution in [0.15, 0.2) is 47.0 Å². The van der Waals surface area contributed by atoms with Gasteiger partial charge in [-0.1, -0.05) is 0 Å². The van der Waals surface area contributed by atoms with Gasteiger partial charge in [0, 0.05) is 23.9 Å². The molecule has 0 aliphatic heterocycles. The standard InChI is InChI=1S/C21H23N3O4/c1-13(19-11-22-24(4)14(19)2)23-21(26)20-10-9-18(28-20)12-27-17-7-5-16(6-8-17)15(3)25/h5-11,13H,12H2,1-4H3,(H,23,26). The lowest BCUT2D eigenvalue weighted by Crippen LogP contribution is -2.26. The van der Waals surface area contributed by atoms with Crippen LogP contribution in [0.1, 0.15) is 57.8 Å². The highest BCUT2D eigenvalue weighted by atomic mass is 16.5. The fourth-order valence-electron chi connectivity index (χ4n) is 2.80. The molecule has 0 aliphatic rings. The van der Waals surface area contributed by atoms with Crippen molar-refractivity contribution in [2.24, 2.45) is 7.05 Å². The van der Waals surface area contributed by atoms with Crippen molar-refractivity contribution in [1.29, 1.82) is 0 Å². The van der Waals surface area contributed by atoms with Gasteiger partial charge in [0.15, 0.2) is 11.5 Å². The molecule has 7 heteroatoms. The number of aromatic nitrogens is 2. The third-order valence-electron chi connectivity index (χ3n) is 4.61. The van der Waals surface area contributed by atoms with Gasteiger partial charge in [0.2, 0.25) is 0 Å². The van der Waals surface area contributed by atoms with E-state index in [1.807, 2.05) is 20.9 Å². The molecule has 146 valence electrons. The molecule has 2 heterocycles. The van der Waals surface area contributed by atoms with Gasteiger partial charge >= 0.3 is 0 Å². The molecule has 7 nitrogen and oxygen atoms in total. The Morgan fingerprint density at radius 1 is 1.21 bits per heavy atom. The van der Waals surface area contributed by atoms with Gasteiger partial charge in [-0.05, 0) is 57.2 Å². The van der Waals surface area contributed by atoms with Crippen LogP contribution >= 0.6 is 0 Å². The number of ether oxygens (including phenoxy) is 1. The van der Waals surface area contributed by atoms with Crippen molar-refractivity contribution in [3.05, 3.63) is 70.9 Å². The predicted molar refractivity (Wildman–Crippen MR) is 103 cm³/mol. The molecule has 2 aromatic heterocycles. The van der Waals surface area contributed by atoms with Crippen LogP contribution in [-0.4, -0.2) is 21.5 Å². The molecule has 0 spiro atoms. The summed E-state index contributed by atoms with van der Waals surface area (Å²) >= 11 is 0. The third-order valence-corrected chi connectivity index (χ3v) is 4.61. The average Bonchev–Trinajstić information content (AvgIpc) is 3.28. The van der Waals surface area contributed by atoms with E-state index in [2.05, 4.69) is 10.4 Å². The topological polar surface area (TPSA) is 86.4 Å². The lowest BCUT2D eigenvalue weighted by molar-refractivity contribution is 0.0907. The van der Waals surface area contributed by atoms with Crippen molar-refractivity contribution in [1.82, 2.24) is 15.1 Å². The number of nitrogens with zero attached hydrogens (tertiary/aromatic N) is 2. The van der Waals surface area contributed by atoms with Crippen LogP contribution < -0.4 is 10.1 Å². The molecule has 0 aliphatic carbocycles. The van der Waals surface area contributed by atoms with E-state index in [1.54, 1.807) is 47.3 Å². The third kappa shape index (κ3) is 4.31. The fourth-order valence-corrected chi connectivity index (χ4v) is 2.80. The molecule has 0 saturated heterocycles. The SMILES string of the molecule is CC(=O)c1ccc(OCc2ccc(C(=O)NC(C)c3cnn(C)c3C)o2)cc1. The quantitative estimate of drug-likeness (QED) is 0.632. The summed E-state index contributed by atoms with van der Waals surface area (Å²) in [6, 6.07) is 10.0. The van der Waals surface area contributed by atoms with E-state index in [9.17, 15) is 9.59 Å². The van der Waals surface area contributed by atoms with Crippen LogP contribution in [-0.2, 0) is 13.7 Å². The zero-order chi connectivity index (χ0) is 20.3. The van der Waals surface area contributed by atoms with E-state index in [1.165, 1.54) is 6.92 Å². The molecule has 3 rings (SSSR count). The number of hydrogen-bond donors (Lipinski definition) is 1. The van der Waals surface area contributed by atoms with Gasteiger partial charge in [-0.15, -0.1) is 0 Å². The second-order valence-electron chi connectivity index (χ2n) is 6.64. The summed E-state index contributed by atoms with van der Waals surface area (Å²) in [5, 5.41) is 7.11. The molecule has 28 heavy (non-hydrogen) atoms. The minimum atomic E-state index is -0.298. The molecule has 1 amide bonds. The Balaban J connectivity index is 1.57. The van der Waals surface area contributed by atoms with Gasteiger partial charge < -0.3 is 14.5 Å². The number of carbonyl (C=O) groups is 2. The highest BCUT2D eigenvalue weighted by molar-refractivity contribution is 5.94. The first-order valence-electron chi connectivity index (χ1n) is 8.97. The summed E-state index contributed by atoms with van der Waals surface area (Å²) in [7, 11) is 1.86. The largest absolute Gasteiger partial charge is 0.486 e. The van der Waals surface area contributed by atoms with E-state index < -0.39 is 0 Å². The number of carbonyl (C=O) groups excluding carboxylic acids is 2. The molecule has 1 unspecified atom stereocenters. The van der Waals surface area contributed by atoms with Gasteiger partial charge in [-0.2, -0.15) is 5.10 Å². The monoisotopic (exact) mass is 381 g/mol. The smallest absolute Gasteiger partial charge is 0.287 e. The zero-order valence-electron chi connectivity index (χ0n) is 16.4. The molecule has 0 radical (unpaired) electrons. The van der Waals surface area contributed by atoms with E-state index in [-0.39, 0.29) is 30.1 Å². The van der Waals surface area contributed by atoms with Crippen LogP contribution in [0.3, 0.4) is 0 Å². The minimum Gasteiger partial charge on any atom is -0.486 e. The number of nitrogens with one attached hydrogen (secondary N) is 1. The second kappa shape index (κ2) is 8.12. The summed E-state index contributed by atoms with van der Waals surface area (Å²) in [6.07, 6.45) is 1.75. The molecule has 3 aromatic rings. The van der Waals surface area contributed by atoms with Gasteiger partial charge in [0.05, 0.1) is 12.2 Å². The second-order valence-corrected chi connectivity index (χ2v) is 6.64. The Morgan fingerprint density at radius 2 is 1.93 bits per heavy atom. The van der Waals surface area contributed by atoms with Crippen LogP contribution in [0.5, 0.6) is 5.75 Å². The van der Waals surface area contributed by atoms with Gasteiger partial charge in [-0.25, -0.2) is 0 Å². The van der Waals surface area contributed by atoms with Crippen molar-refractivity contribution in [3.63, 3.8) is 0 Å². The van der Waals surface area contributed by atoms with Gasteiger partial charge in [0.1, 0.15) is 18.1 Å². The van der Waals surface area contributed by atoms with E-state index in [0.29, 0.717) is 17.1 Å². The Hall–Kier alpha value is -3.35. The number of benzene rings is 1. The molecule has 1 atom stereocenters. The van der Waals surface area contributed by atoms with E-state index in [0.717, 1.165) is 11.3 Å².